The van der Waals surface area contributed by atoms with Crippen molar-refractivity contribution >= 4 is 57.1 Å². The minimum absolute atomic E-state index is 0.0805. The highest BCUT2D eigenvalue weighted by molar-refractivity contribution is 6.52. The number of benzene rings is 4. The molecule has 168 valence electrons. The molecule has 0 saturated carbocycles. The zero-order valence-electron chi connectivity index (χ0n) is 17.5. The molecule has 4 nitrogen and oxygen atoms in total. The van der Waals surface area contributed by atoms with Gasteiger partial charge in [-0.25, -0.2) is 4.39 Å². The molecule has 1 N–H and O–H groups in total. The Morgan fingerprint density at radius 3 is 2.26 bits per heavy atom. The standard InChI is InChI=1S/C27H16Cl2FNO3/c28-19-9-7-16(8-10-19)24-23(25(32)18-6-5-15-3-1-2-4-17(15)13-18)26(33)27(34)31(24)20-11-12-22(30)21(29)14-20/h1-14,24,32H/b25-23-. The van der Waals surface area contributed by atoms with Gasteiger partial charge in [-0.3, -0.25) is 14.5 Å². The number of rotatable bonds is 3. The molecule has 1 aliphatic heterocycles. The molecule has 1 saturated heterocycles. The van der Waals surface area contributed by atoms with Gasteiger partial charge in [-0.15, -0.1) is 0 Å². The van der Waals surface area contributed by atoms with Crippen LogP contribution in [-0.2, 0) is 9.59 Å². The average molecular weight is 492 g/mol. The predicted octanol–water partition coefficient (Wildman–Crippen LogP) is 6.91. The first-order valence-electron chi connectivity index (χ1n) is 10.4. The Bertz CT molecular complexity index is 1500. The Balaban J connectivity index is 1.73. The summed E-state index contributed by atoms with van der Waals surface area (Å²) in [5, 5.41) is 13.4. The summed E-state index contributed by atoms with van der Waals surface area (Å²) >= 11 is 12.0. The van der Waals surface area contributed by atoms with Crippen LogP contribution in [0.5, 0.6) is 0 Å². The highest BCUT2D eigenvalue weighted by atomic mass is 35.5. The van der Waals surface area contributed by atoms with E-state index in [9.17, 15) is 19.1 Å². The van der Waals surface area contributed by atoms with Gasteiger partial charge < -0.3 is 5.11 Å². The molecule has 0 aromatic heterocycles. The summed E-state index contributed by atoms with van der Waals surface area (Å²) in [7, 11) is 0. The molecule has 0 spiro atoms. The summed E-state index contributed by atoms with van der Waals surface area (Å²) in [4.78, 5) is 27.6. The zero-order chi connectivity index (χ0) is 24.0. The second-order valence-electron chi connectivity index (χ2n) is 7.88. The van der Waals surface area contributed by atoms with Crippen LogP contribution in [0.2, 0.25) is 10.0 Å². The number of aliphatic hydroxyl groups is 1. The van der Waals surface area contributed by atoms with Gasteiger partial charge in [0.15, 0.2) is 0 Å². The molecule has 34 heavy (non-hydrogen) atoms. The fourth-order valence-corrected chi connectivity index (χ4v) is 4.49. The minimum atomic E-state index is -0.967. The lowest BCUT2D eigenvalue weighted by Gasteiger charge is -2.25. The second kappa shape index (κ2) is 8.60. The molecule has 0 aliphatic carbocycles. The highest BCUT2D eigenvalue weighted by Gasteiger charge is 2.47. The Hall–Kier alpha value is -3.67. The predicted molar refractivity (Wildman–Crippen MR) is 132 cm³/mol. The van der Waals surface area contributed by atoms with E-state index in [1.165, 1.54) is 17.0 Å². The molecule has 1 atom stereocenters. The smallest absolute Gasteiger partial charge is 0.300 e. The lowest BCUT2D eigenvalue weighted by molar-refractivity contribution is -0.132. The Morgan fingerprint density at radius 2 is 1.56 bits per heavy atom. The van der Waals surface area contributed by atoms with Crippen LogP contribution in [0.4, 0.5) is 10.1 Å². The summed E-state index contributed by atoms with van der Waals surface area (Å²) in [6.07, 6.45) is 0. The third-order valence-electron chi connectivity index (χ3n) is 5.83. The van der Waals surface area contributed by atoms with E-state index in [2.05, 4.69) is 0 Å². The first-order valence-corrected chi connectivity index (χ1v) is 11.1. The molecule has 4 aromatic carbocycles. The maximum atomic E-state index is 13.8. The van der Waals surface area contributed by atoms with Gasteiger partial charge in [-0.05, 0) is 52.7 Å². The molecular formula is C27H16Cl2FNO3. The quantitative estimate of drug-likeness (QED) is 0.192. The van der Waals surface area contributed by atoms with Crippen LogP contribution in [0.15, 0.2) is 90.5 Å². The highest BCUT2D eigenvalue weighted by Crippen LogP contribution is 2.43. The Kier molecular flexibility index (Phi) is 5.60. The minimum Gasteiger partial charge on any atom is -0.507 e. The number of Topliss-reactive ketones (excluding diaryl/α,β-unsaturated/α-hetero) is 1. The van der Waals surface area contributed by atoms with Gasteiger partial charge in [-0.2, -0.15) is 0 Å². The number of hydrogen-bond acceptors (Lipinski definition) is 3. The fraction of sp³-hybridized carbons (Fsp3) is 0.0370. The van der Waals surface area contributed by atoms with E-state index in [-0.39, 0.29) is 22.0 Å². The molecule has 0 bridgehead atoms. The molecule has 7 heteroatoms. The van der Waals surface area contributed by atoms with E-state index in [4.69, 9.17) is 23.2 Å². The van der Waals surface area contributed by atoms with Crippen LogP contribution >= 0.6 is 23.2 Å². The van der Waals surface area contributed by atoms with Gasteiger partial charge in [0.1, 0.15) is 11.6 Å². The number of anilines is 1. The number of carbonyl (C=O) groups excluding carboxylic acids is 2. The first kappa shape index (κ1) is 22.1. The van der Waals surface area contributed by atoms with Crippen molar-refractivity contribution in [3.8, 4) is 0 Å². The van der Waals surface area contributed by atoms with E-state index in [0.717, 1.165) is 16.8 Å². The molecule has 1 fully saturated rings. The van der Waals surface area contributed by atoms with Crippen LogP contribution in [-0.4, -0.2) is 16.8 Å². The first-order chi connectivity index (χ1) is 16.3. The molecule has 1 unspecified atom stereocenters. The topological polar surface area (TPSA) is 57.6 Å². The number of carbonyl (C=O) groups is 2. The summed E-state index contributed by atoms with van der Waals surface area (Å²) in [6.45, 7) is 0. The molecule has 0 radical (unpaired) electrons. The Labute approximate surface area is 204 Å². The molecule has 1 heterocycles. The van der Waals surface area contributed by atoms with Crippen LogP contribution in [0.25, 0.3) is 16.5 Å². The van der Waals surface area contributed by atoms with Crippen LogP contribution in [0.3, 0.4) is 0 Å². The second-order valence-corrected chi connectivity index (χ2v) is 8.72. The maximum Gasteiger partial charge on any atom is 0.300 e. The SMILES string of the molecule is O=C1C(=O)N(c2ccc(F)c(Cl)c2)C(c2ccc(Cl)cc2)/C1=C(/O)c1ccc2ccccc2c1. The zero-order valence-corrected chi connectivity index (χ0v) is 19.0. The van der Waals surface area contributed by atoms with Crippen molar-refractivity contribution in [1.82, 2.24) is 0 Å². The molecule has 5 rings (SSSR count). The molecule has 4 aromatic rings. The number of hydrogen-bond donors (Lipinski definition) is 1. The van der Waals surface area contributed by atoms with Gasteiger partial charge in [-0.1, -0.05) is 71.7 Å². The number of ketones is 1. The molecular weight excluding hydrogens is 476 g/mol. The summed E-state index contributed by atoms with van der Waals surface area (Å²) in [5.41, 5.74) is 1.09. The Morgan fingerprint density at radius 1 is 0.853 bits per heavy atom. The van der Waals surface area contributed by atoms with Crippen LogP contribution in [0.1, 0.15) is 17.2 Å². The van der Waals surface area contributed by atoms with E-state index >= 15 is 0 Å². The van der Waals surface area contributed by atoms with Crippen molar-refractivity contribution < 1.29 is 19.1 Å². The van der Waals surface area contributed by atoms with Gasteiger partial charge in [0.25, 0.3) is 11.7 Å². The average Bonchev–Trinajstić information content (AvgIpc) is 3.11. The normalized spacial score (nSPS) is 17.5. The van der Waals surface area contributed by atoms with E-state index in [1.54, 1.807) is 36.4 Å². The van der Waals surface area contributed by atoms with Crippen molar-refractivity contribution in [3.63, 3.8) is 0 Å². The van der Waals surface area contributed by atoms with E-state index in [0.29, 0.717) is 16.1 Å². The van der Waals surface area contributed by atoms with Gasteiger partial charge in [0.05, 0.1) is 16.6 Å². The monoisotopic (exact) mass is 491 g/mol. The third-order valence-corrected chi connectivity index (χ3v) is 6.38. The lowest BCUT2D eigenvalue weighted by atomic mass is 9.94. The van der Waals surface area contributed by atoms with Gasteiger partial charge in [0.2, 0.25) is 0 Å². The molecule has 1 aliphatic rings. The number of amides is 1. The van der Waals surface area contributed by atoms with E-state index < -0.39 is 23.5 Å². The third kappa shape index (κ3) is 3.73. The fourth-order valence-electron chi connectivity index (χ4n) is 4.19. The van der Waals surface area contributed by atoms with E-state index in [1.807, 2.05) is 30.3 Å². The number of aliphatic hydroxyl groups excluding tert-OH is 1. The van der Waals surface area contributed by atoms with Gasteiger partial charge in [0, 0.05) is 16.3 Å². The van der Waals surface area contributed by atoms with Crippen molar-refractivity contribution in [2.45, 2.75) is 6.04 Å². The van der Waals surface area contributed by atoms with Gasteiger partial charge >= 0.3 is 0 Å². The maximum absolute atomic E-state index is 13.8. The summed E-state index contributed by atoms with van der Waals surface area (Å²) < 4.78 is 13.8. The summed E-state index contributed by atoms with van der Waals surface area (Å²) in [5.74, 6) is -2.67. The van der Waals surface area contributed by atoms with Crippen molar-refractivity contribution in [3.05, 3.63) is 117 Å². The lowest BCUT2D eigenvalue weighted by Crippen LogP contribution is -2.29. The number of nitrogens with zero attached hydrogens (tertiary/aromatic N) is 1. The van der Waals surface area contributed by atoms with Crippen LogP contribution < -0.4 is 4.90 Å². The number of halogens is 3. The van der Waals surface area contributed by atoms with Crippen molar-refractivity contribution in [2.24, 2.45) is 0 Å². The molecule has 1 amide bonds. The number of fused-ring (bicyclic) bond motifs is 1. The largest absolute Gasteiger partial charge is 0.507 e. The van der Waals surface area contributed by atoms with Crippen molar-refractivity contribution in [2.75, 3.05) is 4.90 Å². The van der Waals surface area contributed by atoms with Crippen molar-refractivity contribution in [1.29, 1.82) is 0 Å². The summed E-state index contributed by atoms with van der Waals surface area (Å²) in [6, 6.07) is 22.3. The van der Waals surface area contributed by atoms with Crippen LogP contribution in [0, 0.1) is 5.82 Å².